The first-order chi connectivity index (χ1) is 13.6. The van der Waals surface area contributed by atoms with Gasteiger partial charge in [-0.1, -0.05) is 32.0 Å². The van der Waals surface area contributed by atoms with Gasteiger partial charge in [0.2, 0.25) is 11.8 Å². The predicted molar refractivity (Wildman–Crippen MR) is 111 cm³/mol. The van der Waals surface area contributed by atoms with Gasteiger partial charge in [0.15, 0.2) is 0 Å². The van der Waals surface area contributed by atoms with Crippen LogP contribution >= 0.6 is 0 Å². The van der Waals surface area contributed by atoms with E-state index in [0.29, 0.717) is 19.6 Å². The number of amides is 2. The number of aromatic nitrogens is 1. The fourth-order valence-electron chi connectivity index (χ4n) is 3.69. The summed E-state index contributed by atoms with van der Waals surface area (Å²) in [5.74, 6) is -0.156. The molecule has 1 aliphatic rings. The van der Waals surface area contributed by atoms with Crippen molar-refractivity contribution in [3.8, 4) is 0 Å². The molecule has 1 atom stereocenters. The zero-order valence-corrected chi connectivity index (χ0v) is 16.8. The first kappa shape index (κ1) is 20.1. The maximum Gasteiger partial charge on any atom is 0.228 e. The van der Waals surface area contributed by atoms with Gasteiger partial charge in [-0.2, -0.15) is 0 Å². The molecular formula is C23H29N3O2. The van der Waals surface area contributed by atoms with Gasteiger partial charge in [0, 0.05) is 50.1 Å². The lowest BCUT2D eigenvalue weighted by Gasteiger charge is -2.25. The van der Waals surface area contributed by atoms with Crippen LogP contribution in [0.15, 0.2) is 48.7 Å². The van der Waals surface area contributed by atoms with E-state index in [1.807, 2.05) is 47.4 Å². The Morgan fingerprint density at radius 1 is 1.14 bits per heavy atom. The predicted octanol–water partition coefficient (Wildman–Crippen LogP) is 3.48. The van der Waals surface area contributed by atoms with E-state index in [4.69, 9.17) is 0 Å². The van der Waals surface area contributed by atoms with Crippen molar-refractivity contribution in [3.05, 3.63) is 59.9 Å². The molecule has 0 bridgehead atoms. The van der Waals surface area contributed by atoms with Crippen LogP contribution in [0.4, 0.5) is 5.69 Å². The summed E-state index contributed by atoms with van der Waals surface area (Å²) in [4.78, 5) is 33.7. The third-order valence-electron chi connectivity index (χ3n) is 5.30. The molecule has 28 heavy (non-hydrogen) atoms. The summed E-state index contributed by atoms with van der Waals surface area (Å²) >= 11 is 0. The number of rotatable bonds is 8. The van der Waals surface area contributed by atoms with E-state index in [-0.39, 0.29) is 24.2 Å². The van der Waals surface area contributed by atoms with Gasteiger partial charge < -0.3 is 9.80 Å². The van der Waals surface area contributed by atoms with Crippen LogP contribution in [-0.2, 0) is 22.4 Å². The molecule has 0 aliphatic carbocycles. The number of aryl methyl sites for hydroxylation is 1. The summed E-state index contributed by atoms with van der Waals surface area (Å²) in [7, 11) is 0. The van der Waals surface area contributed by atoms with Crippen LogP contribution in [0.2, 0.25) is 0 Å². The molecular weight excluding hydrogens is 350 g/mol. The molecule has 5 heteroatoms. The normalized spacial score (nSPS) is 16.4. The molecule has 0 N–H and O–H groups in total. The quantitative estimate of drug-likeness (QED) is 0.706. The van der Waals surface area contributed by atoms with Gasteiger partial charge in [0.1, 0.15) is 0 Å². The molecule has 1 aromatic carbocycles. The molecule has 1 aromatic heterocycles. The number of carbonyl (C=O) groups excluding carboxylic acids is 2. The van der Waals surface area contributed by atoms with Gasteiger partial charge in [0.05, 0.1) is 5.92 Å². The summed E-state index contributed by atoms with van der Waals surface area (Å²) in [5, 5.41) is 0. The van der Waals surface area contributed by atoms with Gasteiger partial charge in [0.25, 0.3) is 0 Å². The Kier molecular flexibility index (Phi) is 6.80. The molecule has 2 heterocycles. The van der Waals surface area contributed by atoms with Crippen molar-refractivity contribution in [1.82, 2.24) is 9.88 Å². The Balaban J connectivity index is 1.64. The topological polar surface area (TPSA) is 53.5 Å². The summed E-state index contributed by atoms with van der Waals surface area (Å²) < 4.78 is 0. The van der Waals surface area contributed by atoms with E-state index in [9.17, 15) is 9.59 Å². The van der Waals surface area contributed by atoms with Crippen LogP contribution in [0, 0.1) is 5.92 Å². The van der Waals surface area contributed by atoms with Crippen LogP contribution in [0.3, 0.4) is 0 Å². The highest BCUT2D eigenvalue weighted by atomic mass is 16.2. The van der Waals surface area contributed by atoms with Gasteiger partial charge in [-0.3, -0.25) is 14.6 Å². The third-order valence-corrected chi connectivity index (χ3v) is 5.30. The summed E-state index contributed by atoms with van der Waals surface area (Å²) in [6.07, 6.45) is 4.67. The number of anilines is 1. The first-order valence-corrected chi connectivity index (χ1v) is 10.2. The minimum absolute atomic E-state index is 0.0313. The second kappa shape index (κ2) is 9.49. The number of carbonyl (C=O) groups is 2. The standard InChI is InChI=1S/C23H29N3O2/c1-3-14-25(15-12-20-7-5-6-13-24-20)23(28)19-16-22(27)26(17-19)21-10-8-18(4-2)9-11-21/h5-11,13,19H,3-4,12,14-17H2,1-2H3/t19-/m0/s1. The Morgan fingerprint density at radius 3 is 2.57 bits per heavy atom. The van der Waals surface area contributed by atoms with Crippen molar-refractivity contribution in [3.63, 3.8) is 0 Å². The molecule has 1 saturated heterocycles. The second-order valence-corrected chi connectivity index (χ2v) is 7.32. The fourth-order valence-corrected chi connectivity index (χ4v) is 3.69. The monoisotopic (exact) mass is 379 g/mol. The lowest BCUT2D eigenvalue weighted by atomic mass is 10.1. The zero-order chi connectivity index (χ0) is 19.9. The number of nitrogens with zero attached hydrogens (tertiary/aromatic N) is 3. The van der Waals surface area contributed by atoms with E-state index >= 15 is 0 Å². The molecule has 148 valence electrons. The number of benzene rings is 1. The third kappa shape index (κ3) is 4.77. The molecule has 3 rings (SSSR count). The van der Waals surface area contributed by atoms with E-state index in [1.165, 1.54) is 5.56 Å². The van der Waals surface area contributed by atoms with Crippen LogP contribution in [0.5, 0.6) is 0 Å². The molecule has 0 radical (unpaired) electrons. The Morgan fingerprint density at radius 2 is 1.93 bits per heavy atom. The highest BCUT2D eigenvalue weighted by molar-refractivity contribution is 6.00. The Hall–Kier alpha value is -2.69. The largest absolute Gasteiger partial charge is 0.342 e. The van der Waals surface area contributed by atoms with E-state index < -0.39 is 0 Å². The Bertz CT molecular complexity index is 789. The Labute approximate surface area is 167 Å². The van der Waals surface area contributed by atoms with Crippen LogP contribution < -0.4 is 4.90 Å². The van der Waals surface area contributed by atoms with E-state index in [0.717, 1.165) is 30.6 Å². The lowest BCUT2D eigenvalue weighted by Crippen LogP contribution is -2.39. The van der Waals surface area contributed by atoms with Crippen molar-refractivity contribution in [2.45, 2.75) is 39.5 Å². The highest BCUT2D eigenvalue weighted by Gasteiger charge is 2.37. The van der Waals surface area contributed by atoms with Gasteiger partial charge in [-0.25, -0.2) is 0 Å². The maximum absolute atomic E-state index is 13.1. The molecule has 1 aliphatic heterocycles. The highest BCUT2D eigenvalue weighted by Crippen LogP contribution is 2.27. The van der Waals surface area contributed by atoms with Crippen molar-refractivity contribution in [2.24, 2.45) is 5.92 Å². The van der Waals surface area contributed by atoms with E-state index in [2.05, 4.69) is 18.8 Å². The summed E-state index contributed by atoms with van der Waals surface area (Å²) in [6.45, 7) is 5.99. The SMILES string of the molecule is CCCN(CCc1ccccn1)C(=O)[C@H]1CC(=O)N(c2ccc(CC)cc2)C1. The van der Waals surface area contributed by atoms with Crippen molar-refractivity contribution < 1.29 is 9.59 Å². The van der Waals surface area contributed by atoms with Crippen LogP contribution in [-0.4, -0.2) is 41.3 Å². The fraction of sp³-hybridized carbons (Fsp3) is 0.435. The van der Waals surface area contributed by atoms with Crippen molar-refractivity contribution in [1.29, 1.82) is 0 Å². The van der Waals surface area contributed by atoms with Gasteiger partial charge >= 0.3 is 0 Å². The molecule has 2 amide bonds. The van der Waals surface area contributed by atoms with Crippen molar-refractivity contribution >= 4 is 17.5 Å². The van der Waals surface area contributed by atoms with Gasteiger partial charge in [-0.05, 0) is 42.7 Å². The maximum atomic E-state index is 13.1. The molecule has 0 spiro atoms. The van der Waals surface area contributed by atoms with E-state index in [1.54, 1.807) is 11.1 Å². The molecule has 1 fully saturated rings. The smallest absolute Gasteiger partial charge is 0.228 e. The molecule has 0 unspecified atom stereocenters. The van der Waals surface area contributed by atoms with Gasteiger partial charge in [-0.15, -0.1) is 0 Å². The lowest BCUT2D eigenvalue weighted by molar-refractivity contribution is -0.135. The summed E-state index contributed by atoms with van der Waals surface area (Å²) in [6, 6.07) is 13.9. The average Bonchev–Trinajstić information content (AvgIpc) is 3.13. The molecule has 2 aromatic rings. The number of hydrogen-bond donors (Lipinski definition) is 0. The van der Waals surface area contributed by atoms with Crippen molar-refractivity contribution in [2.75, 3.05) is 24.5 Å². The zero-order valence-electron chi connectivity index (χ0n) is 16.8. The van der Waals surface area contributed by atoms with Crippen LogP contribution in [0.25, 0.3) is 0 Å². The summed E-state index contributed by atoms with van der Waals surface area (Å²) in [5.41, 5.74) is 3.11. The minimum atomic E-state index is -0.270. The average molecular weight is 380 g/mol. The molecule has 5 nitrogen and oxygen atoms in total. The number of hydrogen-bond acceptors (Lipinski definition) is 3. The second-order valence-electron chi connectivity index (χ2n) is 7.32. The van der Waals surface area contributed by atoms with Crippen LogP contribution in [0.1, 0.15) is 37.9 Å². The number of pyridine rings is 1. The first-order valence-electron chi connectivity index (χ1n) is 10.2. The molecule has 0 saturated carbocycles. The minimum Gasteiger partial charge on any atom is -0.342 e.